The van der Waals surface area contributed by atoms with Gasteiger partial charge in [0.2, 0.25) is 0 Å². The van der Waals surface area contributed by atoms with Crippen LogP contribution < -0.4 is 10.5 Å². The van der Waals surface area contributed by atoms with Crippen molar-refractivity contribution in [3.63, 3.8) is 0 Å². The summed E-state index contributed by atoms with van der Waals surface area (Å²) in [4.78, 5) is 4.23. The molecule has 18 heavy (non-hydrogen) atoms. The molecule has 0 aliphatic carbocycles. The molecule has 94 valence electrons. The van der Waals surface area contributed by atoms with Crippen molar-refractivity contribution >= 4 is 0 Å². The molecule has 2 rings (SSSR count). The lowest BCUT2D eigenvalue weighted by Gasteiger charge is -2.15. The van der Waals surface area contributed by atoms with E-state index in [1.54, 1.807) is 6.20 Å². The van der Waals surface area contributed by atoms with Gasteiger partial charge in [-0.3, -0.25) is 4.98 Å². The Balaban J connectivity index is 2.43. The van der Waals surface area contributed by atoms with Gasteiger partial charge in [-0.15, -0.1) is 0 Å². The Morgan fingerprint density at radius 2 is 1.83 bits per heavy atom. The molecule has 0 saturated heterocycles. The lowest BCUT2D eigenvalue weighted by atomic mass is 10.1. The van der Waals surface area contributed by atoms with E-state index in [1.807, 2.05) is 19.1 Å². The number of aromatic nitrogens is 1. The van der Waals surface area contributed by atoms with E-state index in [0.29, 0.717) is 6.54 Å². The van der Waals surface area contributed by atoms with Crippen molar-refractivity contribution in [2.24, 2.45) is 5.73 Å². The van der Waals surface area contributed by atoms with Crippen molar-refractivity contribution in [1.29, 1.82) is 0 Å². The Morgan fingerprint density at radius 3 is 2.56 bits per heavy atom. The molecule has 1 aromatic heterocycles. The topological polar surface area (TPSA) is 48.1 Å². The zero-order chi connectivity index (χ0) is 13.1. The molecule has 0 fully saturated rings. The second kappa shape index (κ2) is 5.19. The summed E-state index contributed by atoms with van der Waals surface area (Å²) in [5.74, 6) is 1.63. The highest BCUT2D eigenvalue weighted by molar-refractivity contribution is 5.47. The van der Waals surface area contributed by atoms with Crippen LogP contribution >= 0.6 is 0 Å². The molecule has 0 atom stereocenters. The van der Waals surface area contributed by atoms with Gasteiger partial charge >= 0.3 is 0 Å². The zero-order valence-electron chi connectivity index (χ0n) is 11.0. The van der Waals surface area contributed by atoms with Crippen LogP contribution in [0.25, 0.3) is 0 Å². The summed E-state index contributed by atoms with van der Waals surface area (Å²) in [6.07, 6.45) is 1.73. The van der Waals surface area contributed by atoms with Crippen molar-refractivity contribution in [3.8, 4) is 11.5 Å². The third-order valence-electron chi connectivity index (χ3n) is 3.13. The van der Waals surface area contributed by atoms with Gasteiger partial charge in [0.1, 0.15) is 11.5 Å². The van der Waals surface area contributed by atoms with Crippen LogP contribution in [0.15, 0.2) is 30.5 Å². The van der Waals surface area contributed by atoms with Crippen molar-refractivity contribution < 1.29 is 4.74 Å². The normalized spacial score (nSPS) is 10.4. The van der Waals surface area contributed by atoms with E-state index in [2.05, 4.69) is 31.0 Å². The first kappa shape index (κ1) is 12.6. The molecule has 0 bridgehead atoms. The maximum Gasteiger partial charge on any atom is 0.150 e. The number of rotatable bonds is 3. The largest absolute Gasteiger partial charge is 0.455 e. The molecule has 2 aromatic rings. The molecule has 3 heteroatoms. The zero-order valence-corrected chi connectivity index (χ0v) is 11.0. The molecule has 0 saturated carbocycles. The monoisotopic (exact) mass is 242 g/mol. The van der Waals surface area contributed by atoms with Crippen molar-refractivity contribution in [3.05, 3.63) is 52.8 Å². The van der Waals surface area contributed by atoms with E-state index in [0.717, 1.165) is 28.3 Å². The molecule has 0 unspecified atom stereocenters. The van der Waals surface area contributed by atoms with E-state index in [9.17, 15) is 0 Å². The number of hydrogen-bond acceptors (Lipinski definition) is 3. The SMILES string of the molecule is Cc1ccc(C)c(Oc2cccnc2CN)c1C. The summed E-state index contributed by atoms with van der Waals surface area (Å²) in [6, 6.07) is 7.92. The Bertz CT molecular complexity index is 564. The predicted molar refractivity (Wildman–Crippen MR) is 72.9 cm³/mol. The number of nitrogens with zero attached hydrogens (tertiary/aromatic N) is 1. The minimum Gasteiger partial charge on any atom is -0.455 e. The minimum atomic E-state index is 0.375. The van der Waals surface area contributed by atoms with Gasteiger partial charge in [-0.2, -0.15) is 0 Å². The summed E-state index contributed by atoms with van der Waals surface area (Å²) in [7, 11) is 0. The van der Waals surface area contributed by atoms with E-state index in [1.165, 1.54) is 5.56 Å². The number of pyridine rings is 1. The Kier molecular flexibility index (Phi) is 3.63. The first-order valence-electron chi connectivity index (χ1n) is 6.02. The van der Waals surface area contributed by atoms with Crippen LogP contribution in [0, 0.1) is 20.8 Å². The van der Waals surface area contributed by atoms with E-state index in [-0.39, 0.29) is 0 Å². The van der Waals surface area contributed by atoms with Gasteiger partial charge in [0.25, 0.3) is 0 Å². The first-order chi connectivity index (χ1) is 8.63. The maximum atomic E-state index is 6.00. The van der Waals surface area contributed by atoms with Crippen LogP contribution in [0.1, 0.15) is 22.4 Å². The third kappa shape index (κ3) is 2.36. The van der Waals surface area contributed by atoms with Crippen LogP contribution in [0.4, 0.5) is 0 Å². The highest BCUT2D eigenvalue weighted by Crippen LogP contribution is 2.31. The van der Waals surface area contributed by atoms with Gasteiger partial charge in [0, 0.05) is 12.7 Å². The first-order valence-corrected chi connectivity index (χ1v) is 6.02. The standard InChI is InChI=1S/C15H18N2O/c1-10-6-7-11(2)15(12(10)3)18-14-5-4-8-17-13(14)9-16/h4-8H,9,16H2,1-3H3. The van der Waals surface area contributed by atoms with Crippen molar-refractivity contribution in [1.82, 2.24) is 4.98 Å². The Morgan fingerprint density at radius 1 is 1.11 bits per heavy atom. The molecule has 2 N–H and O–H groups in total. The van der Waals surface area contributed by atoms with E-state index in [4.69, 9.17) is 10.5 Å². The highest BCUT2D eigenvalue weighted by Gasteiger charge is 2.10. The lowest BCUT2D eigenvalue weighted by molar-refractivity contribution is 0.465. The fourth-order valence-corrected chi connectivity index (χ4v) is 1.86. The molecular weight excluding hydrogens is 224 g/mol. The molecule has 0 aliphatic rings. The van der Waals surface area contributed by atoms with Crippen LogP contribution in [-0.4, -0.2) is 4.98 Å². The molecule has 3 nitrogen and oxygen atoms in total. The molecular formula is C15H18N2O. The predicted octanol–water partition coefficient (Wildman–Crippen LogP) is 3.26. The fraction of sp³-hybridized carbons (Fsp3) is 0.267. The quantitative estimate of drug-likeness (QED) is 0.898. The number of ether oxygens (including phenoxy) is 1. The summed E-state index contributed by atoms with van der Waals surface area (Å²) in [5, 5.41) is 0. The molecule has 0 radical (unpaired) electrons. The Labute approximate surface area is 108 Å². The number of benzene rings is 1. The summed E-state index contributed by atoms with van der Waals surface area (Å²) in [5.41, 5.74) is 9.93. The summed E-state index contributed by atoms with van der Waals surface area (Å²) in [6.45, 7) is 6.56. The maximum absolute atomic E-state index is 6.00. The van der Waals surface area contributed by atoms with Gasteiger partial charge in [0.05, 0.1) is 5.69 Å². The second-order valence-corrected chi connectivity index (χ2v) is 4.41. The van der Waals surface area contributed by atoms with Crippen molar-refractivity contribution in [2.45, 2.75) is 27.3 Å². The Hall–Kier alpha value is -1.87. The fourth-order valence-electron chi connectivity index (χ4n) is 1.86. The van der Waals surface area contributed by atoms with Gasteiger partial charge in [0.15, 0.2) is 0 Å². The van der Waals surface area contributed by atoms with Crippen LogP contribution in [0.5, 0.6) is 11.5 Å². The van der Waals surface area contributed by atoms with Crippen molar-refractivity contribution in [2.75, 3.05) is 0 Å². The van der Waals surface area contributed by atoms with Gasteiger partial charge < -0.3 is 10.5 Å². The number of hydrogen-bond donors (Lipinski definition) is 1. The average Bonchev–Trinajstić information content (AvgIpc) is 2.39. The molecule has 0 aliphatic heterocycles. The highest BCUT2D eigenvalue weighted by atomic mass is 16.5. The van der Waals surface area contributed by atoms with Crippen LogP contribution in [0.2, 0.25) is 0 Å². The van der Waals surface area contributed by atoms with E-state index >= 15 is 0 Å². The second-order valence-electron chi connectivity index (χ2n) is 4.41. The molecule has 0 amide bonds. The van der Waals surface area contributed by atoms with E-state index < -0.39 is 0 Å². The lowest BCUT2D eigenvalue weighted by Crippen LogP contribution is -2.03. The molecule has 1 heterocycles. The summed E-state index contributed by atoms with van der Waals surface area (Å²) < 4.78 is 6.00. The number of aryl methyl sites for hydroxylation is 2. The number of nitrogens with two attached hydrogens (primary N) is 1. The minimum absolute atomic E-state index is 0.375. The molecule has 1 aromatic carbocycles. The van der Waals surface area contributed by atoms with Gasteiger partial charge in [-0.05, 0) is 49.6 Å². The van der Waals surface area contributed by atoms with Gasteiger partial charge in [-0.25, -0.2) is 0 Å². The molecule has 0 spiro atoms. The van der Waals surface area contributed by atoms with Crippen LogP contribution in [0.3, 0.4) is 0 Å². The smallest absolute Gasteiger partial charge is 0.150 e. The third-order valence-corrected chi connectivity index (χ3v) is 3.13. The van der Waals surface area contributed by atoms with Crippen LogP contribution in [-0.2, 0) is 6.54 Å². The summed E-state index contributed by atoms with van der Waals surface area (Å²) >= 11 is 0. The average molecular weight is 242 g/mol. The van der Waals surface area contributed by atoms with Gasteiger partial charge in [-0.1, -0.05) is 12.1 Å².